The normalized spacial score (nSPS) is 22.3. The van der Waals surface area contributed by atoms with E-state index in [1.807, 2.05) is 24.3 Å². The predicted molar refractivity (Wildman–Crippen MR) is 99.1 cm³/mol. The molecule has 0 aromatic heterocycles. The summed E-state index contributed by atoms with van der Waals surface area (Å²) in [5.74, 6) is 0. The van der Waals surface area contributed by atoms with Crippen LogP contribution in [0.15, 0.2) is 42.5 Å². The van der Waals surface area contributed by atoms with Gasteiger partial charge in [0.1, 0.15) is 0 Å². The molecule has 0 saturated carbocycles. The number of likely N-dealkylation sites (N-methyl/N-ethyl adjacent to an activating group) is 1. The molecule has 2 aliphatic rings. The minimum Gasteiger partial charge on any atom is -0.353 e. The lowest BCUT2D eigenvalue weighted by atomic mass is 10.1. The molecule has 10 heteroatoms. The molecule has 1 N–H and O–H groups in total. The van der Waals surface area contributed by atoms with Gasteiger partial charge < -0.3 is 5.32 Å². The lowest BCUT2D eigenvalue weighted by Gasteiger charge is -2.46. The number of benzene rings is 2. The molecule has 1 saturated heterocycles. The highest BCUT2D eigenvalue weighted by Crippen LogP contribution is 2.42. The van der Waals surface area contributed by atoms with Crippen LogP contribution in [0.3, 0.4) is 0 Å². The quantitative estimate of drug-likeness (QED) is 0.510. The molecular weight excluding hydrogens is 416 g/mol. The molecule has 0 spiro atoms. The summed E-state index contributed by atoms with van der Waals surface area (Å²) in [7, 11) is 1.62. The largest absolute Gasteiger partial charge is 0.416 e. The third-order valence-corrected chi connectivity index (χ3v) is 5.58. The van der Waals surface area contributed by atoms with E-state index >= 15 is 0 Å². The monoisotopic (exact) mass is 431 g/mol. The van der Waals surface area contributed by atoms with E-state index in [9.17, 15) is 26.3 Å². The molecule has 3 nitrogen and oxygen atoms in total. The fraction of sp³-hybridized carbons (Fsp3) is 0.316. The first-order chi connectivity index (χ1) is 13.5. The first kappa shape index (κ1) is 20.0. The van der Waals surface area contributed by atoms with E-state index in [4.69, 9.17) is 12.2 Å². The predicted octanol–water partition coefficient (Wildman–Crippen LogP) is 4.93. The minimum absolute atomic E-state index is 0.0397. The molecule has 1 fully saturated rings. The second-order valence-corrected chi connectivity index (χ2v) is 7.43. The number of anilines is 1. The number of thiocarbonyl (C=S) groups is 1. The molecule has 4 rings (SSSR count). The molecule has 2 atom stereocenters. The van der Waals surface area contributed by atoms with Gasteiger partial charge in [0.2, 0.25) is 0 Å². The molecule has 1 heterocycles. The fourth-order valence-electron chi connectivity index (χ4n) is 3.94. The molecule has 2 aromatic rings. The molecule has 0 radical (unpaired) electrons. The Hall–Kier alpha value is -2.33. The number of alkyl halides is 6. The standard InChI is InChI=1S/C19H15F6N3S/c1-27-15-6-10-4-2-3-5-14(10)16(15)26-17(29)28(27)13-8-11(18(20,21)22)7-12(9-13)19(23,24)25/h2-5,7-9,15-16H,6H2,1H3,(H,26,29)/t15-,16-/m1/s1. The SMILES string of the molecule is CN1[C@@H]2Cc3ccccc3[C@H]2NC(=S)N1c1cc(C(F)(F)F)cc(C(F)(F)F)c1. The van der Waals surface area contributed by atoms with Gasteiger partial charge in [0, 0.05) is 7.05 Å². The lowest BCUT2D eigenvalue weighted by molar-refractivity contribution is -0.143. The Kier molecular flexibility index (Phi) is 4.54. The van der Waals surface area contributed by atoms with Crippen LogP contribution in [0.2, 0.25) is 0 Å². The molecule has 0 amide bonds. The topological polar surface area (TPSA) is 18.5 Å². The van der Waals surface area contributed by atoms with Crippen LogP contribution in [0.1, 0.15) is 28.3 Å². The highest BCUT2D eigenvalue weighted by Gasteiger charge is 2.44. The molecule has 1 aliphatic heterocycles. The van der Waals surface area contributed by atoms with Crippen molar-refractivity contribution in [1.82, 2.24) is 10.3 Å². The Morgan fingerprint density at radius 3 is 2.14 bits per heavy atom. The van der Waals surface area contributed by atoms with Gasteiger partial charge in [0.25, 0.3) is 0 Å². The Morgan fingerprint density at radius 2 is 1.55 bits per heavy atom. The Bertz CT molecular complexity index is 939. The van der Waals surface area contributed by atoms with Crippen molar-refractivity contribution in [2.45, 2.75) is 30.9 Å². The van der Waals surface area contributed by atoms with Crippen molar-refractivity contribution < 1.29 is 26.3 Å². The van der Waals surface area contributed by atoms with Crippen molar-refractivity contribution in [3.63, 3.8) is 0 Å². The second-order valence-electron chi connectivity index (χ2n) is 7.05. The van der Waals surface area contributed by atoms with Gasteiger partial charge >= 0.3 is 12.4 Å². The van der Waals surface area contributed by atoms with Crippen molar-refractivity contribution in [2.75, 3.05) is 12.1 Å². The highest BCUT2D eigenvalue weighted by molar-refractivity contribution is 7.80. The van der Waals surface area contributed by atoms with E-state index in [2.05, 4.69) is 5.32 Å². The van der Waals surface area contributed by atoms with E-state index in [1.165, 1.54) is 5.01 Å². The van der Waals surface area contributed by atoms with E-state index in [1.54, 1.807) is 12.1 Å². The fourth-order valence-corrected chi connectivity index (χ4v) is 4.30. The van der Waals surface area contributed by atoms with Crippen molar-refractivity contribution in [2.24, 2.45) is 0 Å². The summed E-state index contributed by atoms with van der Waals surface area (Å²) in [5.41, 5.74) is -0.967. The number of hydrazine groups is 1. The van der Waals surface area contributed by atoms with Gasteiger partial charge in [-0.15, -0.1) is 0 Å². The van der Waals surface area contributed by atoms with E-state index in [0.29, 0.717) is 18.6 Å². The zero-order valence-corrected chi connectivity index (χ0v) is 15.8. The molecule has 0 unspecified atom stereocenters. The summed E-state index contributed by atoms with van der Waals surface area (Å²) >= 11 is 5.32. The Morgan fingerprint density at radius 1 is 0.966 bits per heavy atom. The van der Waals surface area contributed by atoms with Crippen LogP contribution < -0.4 is 10.3 Å². The average molecular weight is 431 g/mol. The maximum absolute atomic E-state index is 13.2. The molecule has 0 bridgehead atoms. The summed E-state index contributed by atoms with van der Waals surface area (Å²) in [6.07, 6.45) is -9.26. The van der Waals surface area contributed by atoms with Gasteiger partial charge in [-0.25, -0.2) is 10.0 Å². The van der Waals surface area contributed by atoms with Crippen LogP contribution in [0.4, 0.5) is 32.0 Å². The summed E-state index contributed by atoms with van der Waals surface area (Å²) in [6.45, 7) is 0. The first-order valence-electron chi connectivity index (χ1n) is 8.67. The van der Waals surface area contributed by atoms with Crippen LogP contribution in [0.5, 0.6) is 0 Å². The molecule has 2 aromatic carbocycles. The summed E-state index contributed by atoms with van der Waals surface area (Å²) in [4.78, 5) is 0. The maximum atomic E-state index is 13.2. The van der Waals surface area contributed by atoms with Crippen LogP contribution >= 0.6 is 12.2 Å². The van der Waals surface area contributed by atoms with Gasteiger partial charge in [-0.2, -0.15) is 26.3 Å². The average Bonchev–Trinajstić information content (AvgIpc) is 2.99. The number of rotatable bonds is 1. The first-order valence-corrected chi connectivity index (χ1v) is 9.08. The van der Waals surface area contributed by atoms with Crippen molar-refractivity contribution in [3.8, 4) is 0 Å². The van der Waals surface area contributed by atoms with Gasteiger partial charge in [-0.3, -0.25) is 0 Å². The molecular formula is C19H15F6N3S. The summed E-state index contributed by atoms with van der Waals surface area (Å²) in [6, 6.07) is 8.72. The van der Waals surface area contributed by atoms with Crippen molar-refractivity contribution >= 4 is 23.0 Å². The Labute approximate surface area is 167 Å². The van der Waals surface area contributed by atoms with Gasteiger partial charge in [-0.1, -0.05) is 24.3 Å². The zero-order chi connectivity index (χ0) is 21.1. The Balaban J connectivity index is 1.77. The minimum atomic E-state index is -4.93. The maximum Gasteiger partial charge on any atom is 0.416 e. The lowest BCUT2D eigenvalue weighted by Crippen LogP contribution is -2.62. The highest BCUT2D eigenvalue weighted by atomic mass is 32.1. The van der Waals surface area contributed by atoms with E-state index < -0.39 is 23.5 Å². The number of halogens is 6. The van der Waals surface area contributed by atoms with Crippen LogP contribution in [0, 0.1) is 0 Å². The summed E-state index contributed by atoms with van der Waals surface area (Å²) in [5, 5.41) is 5.93. The zero-order valence-electron chi connectivity index (χ0n) is 15.0. The van der Waals surface area contributed by atoms with Crippen LogP contribution in [-0.2, 0) is 18.8 Å². The van der Waals surface area contributed by atoms with Crippen molar-refractivity contribution in [3.05, 3.63) is 64.7 Å². The van der Waals surface area contributed by atoms with Gasteiger partial charge in [0.15, 0.2) is 5.11 Å². The third kappa shape index (κ3) is 3.44. The van der Waals surface area contributed by atoms with Crippen LogP contribution in [-0.4, -0.2) is 23.2 Å². The number of hydrogen-bond donors (Lipinski definition) is 1. The van der Waals surface area contributed by atoms with E-state index in [0.717, 1.165) is 11.1 Å². The summed E-state index contributed by atoms with van der Waals surface area (Å²) < 4.78 is 79.5. The second kappa shape index (κ2) is 6.60. The smallest absolute Gasteiger partial charge is 0.353 e. The van der Waals surface area contributed by atoms with Crippen LogP contribution in [0.25, 0.3) is 0 Å². The number of fused-ring (bicyclic) bond motifs is 3. The molecule has 154 valence electrons. The van der Waals surface area contributed by atoms with Gasteiger partial charge in [0.05, 0.1) is 28.9 Å². The molecule has 29 heavy (non-hydrogen) atoms. The van der Waals surface area contributed by atoms with Crippen molar-refractivity contribution in [1.29, 1.82) is 0 Å². The third-order valence-electron chi connectivity index (χ3n) is 5.29. The number of nitrogens with zero attached hydrogens (tertiary/aromatic N) is 2. The molecule has 1 aliphatic carbocycles. The number of hydrogen-bond acceptors (Lipinski definition) is 2. The van der Waals surface area contributed by atoms with E-state index in [-0.39, 0.29) is 28.9 Å². The number of nitrogens with one attached hydrogen (secondary N) is 1. The van der Waals surface area contributed by atoms with Gasteiger partial charge in [-0.05, 0) is 48.0 Å².